The highest BCUT2D eigenvalue weighted by Gasteiger charge is 2.21. The first-order valence-electron chi connectivity index (χ1n) is 10.1. The number of hydrogen-bond acceptors (Lipinski definition) is 4. The van der Waals surface area contributed by atoms with E-state index in [1.165, 1.54) is 24.8 Å². The Hall–Kier alpha value is -2.60. The molecule has 1 amide bonds. The molecule has 0 atom stereocenters. The van der Waals surface area contributed by atoms with Gasteiger partial charge in [-0.3, -0.25) is 4.79 Å². The Balaban J connectivity index is 1.77. The van der Waals surface area contributed by atoms with Gasteiger partial charge in [0.15, 0.2) is 5.65 Å². The van der Waals surface area contributed by atoms with Gasteiger partial charge in [-0.25, -0.2) is 4.98 Å². The van der Waals surface area contributed by atoms with Crippen LogP contribution in [0.5, 0.6) is 0 Å². The maximum absolute atomic E-state index is 12.3. The van der Waals surface area contributed by atoms with E-state index in [0.717, 1.165) is 30.2 Å². The highest BCUT2D eigenvalue weighted by molar-refractivity contribution is 6.19. The summed E-state index contributed by atoms with van der Waals surface area (Å²) in [6.45, 7) is 2.74. The number of carbonyl (C=O) groups excluding carboxylic acids is 1. The molecule has 0 unspecified atom stereocenters. The molecular formula is C22H26ClN5O. The molecule has 29 heavy (non-hydrogen) atoms. The van der Waals surface area contributed by atoms with E-state index < -0.39 is 0 Å². The number of aromatic nitrogens is 3. The summed E-state index contributed by atoms with van der Waals surface area (Å²) in [4.78, 5) is 25.7. The lowest BCUT2D eigenvalue weighted by Crippen LogP contribution is -2.32. The molecule has 2 aromatic heterocycles. The summed E-state index contributed by atoms with van der Waals surface area (Å²) >= 11 is 5.75. The fourth-order valence-corrected chi connectivity index (χ4v) is 3.98. The topological polar surface area (TPSA) is 54.3 Å². The van der Waals surface area contributed by atoms with Gasteiger partial charge in [0.25, 0.3) is 0 Å². The van der Waals surface area contributed by atoms with Crippen molar-refractivity contribution < 1.29 is 4.79 Å². The minimum Gasteiger partial charge on any atom is -0.342 e. The van der Waals surface area contributed by atoms with Gasteiger partial charge in [-0.2, -0.15) is 4.98 Å². The van der Waals surface area contributed by atoms with Crippen molar-refractivity contribution in [1.29, 1.82) is 0 Å². The molecular weight excluding hydrogens is 386 g/mol. The van der Waals surface area contributed by atoms with Crippen LogP contribution in [0.2, 0.25) is 0 Å². The summed E-state index contributed by atoms with van der Waals surface area (Å²) in [5, 5.41) is 0. The van der Waals surface area contributed by atoms with E-state index in [9.17, 15) is 4.79 Å². The summed E-state index contributed by atoms with van der Waals surface area (Å²) in [6.07, 6.45) is 5.66. The van der Waals surface area contributed by atoms with Gasteiger partial charge in [0.05, 0.1) is 23.9 Å². The number of hydrogen-bond donors (Lipinski definition) is 0. The van der Waals surface area contributed by atoms with Crippen LogP contribution in [0.4, 0.5) is 11.6 Å². The molecule has 152 valence electrons. The van der Waals surface area contributed by atoms with E-state index in [0.29, 0.717) is 24.5 Å². The number of amides is 1. The lowest BCUT2D eigenvalue weighted by atomic mass is 10.1. The third kappa shape index (κ3) is 4.22. The van der Waals surface area contributed by atoms with E-state index in [-0.39, 0.29) is 5.91 Å². The van der Waals surface area contributed by atoms with Crippen LogP contribution in [0.1, 0.15) is 31.2 Å². The summed E-state index contributed by atoms with van der Waals surface area (Å²) in [5.74, 6) is 1.25. The smallest absolute Gasteiger partial charge is 0.227 e. The number of alkyl halides is 1. The zero-order chi connectivity index (χ0) is 20.2. The van der Waals surface area contributed by atoms with E-state index in [2.05, 4.69) is 38.7 Å². The average Bonchev–Trinajstić information content (AvgIpc) is 3.12. The Kier molecular flexibility index (Phi) is 6.00. The third-order valence-corrected chi connectivity index (χ3v) is 5.65. The van der Waals surface area contributed by atoms with Gasteiger partial charge in [0.2, 0.25) is 11.9 Å². The zero-order valence-corrected chi connectivity index (χ0v) is 17.5. The number of rotatable bonds is 6. The first-order valence-corrected chi connectivity index (χ1v) is 10.7. The highest BCUT2D eigenvalue weighted by atomic mass is 35.5. The Morgan fingerprint density at radius 3 is 2.66 bits per heavy atom. The number of anilines is 2. The van der Waals surface area contributed by atoms with Crippen LogP contribution in [0.3, 0.4) is 0 Å². The summed E-state index contributed by atoms with van der Waals surface area (Å²) in [7, 11) is 1.77. The van der Waals surface area contributed by atoms with Gasteiger partial charge in [-0.05, 0) is 30.9 Å². The number of piperidine rings is 1. The number of pyridine rings is 1. The standard InChI is InChI=1S/C22H26ClN5O/c1-26(20(29)10-11-23)18-14-19-21(24-15-18)25-22(27-12-6-3-7-13-27)28(19)16-17-8-4-2-5-9-17/h2,4-5,8-9,14-15H,3,6-7,10-13,16H2,1H3. The number of halogens is 1. The highest BCUT2D eigenvalue weighted by Crippen LogP contribution is 2.28. The van der Waals surface area contributed by atoms with Gasteiger partial charge in [-0.1, -0.05) is 30.3 Å². The first-order chi connectivity index (χ1) is 14.2. The molecule has 0 saturated carbocycles. The largest absolute Gasteiger partial charge is 0.342 e. The molecule has 0 aliphatic carbocycles. The number of nitrogens with zero attached hydrogens (tertiary/aromatic N) is 5. The van der Waals surface area contributed by atoms with Crippen LogP contribution in [-0.2, 0) is 11.3 Å². The van der Waals surface area contributed by atoms with Crippen molar-refractivity contribution >= 4 is 40.3 Å². The minimum absolute atomic E-state index is 0.0217. The van der Waals surface area contributed by atoms with E-state index in [1.54, 1.807) is 18.1 Å². The lowest BCUT2D eigenvalue weighted by Gasteiger charge is -2.28. The summed E-state index contributed by atoms with van der Waals surface area (Å²) in [6, 6.07) is 12.4. The number of carbonyl (C=O) groups is 1. The fourth-order valence-electron chi connectivity index (χ4n) is 3.82. The van der Waals surface area contributed by atoms with Crippen molar-refractivity contribution in [3.05, 3.63) is 48.2 Å². The molecule has 7 heteroatoms. The molecule has 1 saturated heterocycles. The Morgan fingerprint density at radius 2 is 1.93 bits per heavy atom. The van der Waals surface area contributed by atoms with Crippen LogP contribution in [0.15, 0.2) is 42.6 Å². The summed E-state index contributed by atoms with van der Waals surface area (Å²) in [5.41, 5.74) is 3.62. The Morgan fingerprint density at radius 1 is 1.17 bits per heavy atom. The molecule has 0 radical (unpaired) electrons. The predicted molar refractivity (Wildman–Crippen MR) is 118 cm³/mol. The molecule has 1 aromatic carbocycles. The summed E-state index contributed by atoms with van der Waals surface area (Å²) < 4.78 is 2.23. The molecule has 1 aliphatic rings. The van der Waals surface area contributed by atoms with Crippen molar-refractivity contribution in [1.82, 2.24) is 14.5 Å². The van der Waals surface area contributed by atoms with E-state index in [4.69, 9.17) is 16.6 Å². The molecule has 1 fully saturated rings. The maximum Gasteiger partial charge on any atom is 0.227 e. The molecule has 0 bridgehead atoms. The predicted octanol–water partition coefficient (Wildman–Crippen LogP) is 4.06. The zero-order valence-electron chi connectivity index (χ0n) is 16.7. The van der Waals surface area contributed by atoms with Crippen LogP contribution in [-0.4, -0.2) is 46.5 Å². The molecule has 0 N–H and O–H groups in total. The second-order valence-corrected chi connectivity index (χ2v) is 7.84. The Bertz CT molecular complexity index is 982. The van der Waals surface area contributed by atoms with Crippen LogP contribution in [0, 0.1) is 0 Å². The molecule has 3 aromatic rings. The molecule has 6 nitrogen and oxygen atoms in total. The molecule has 0 spiro atoms. The number of fused-ring (bicyclic) bond motifs is 1. The molecule has 1 aliphatic heterocycles. The fraction of sp³-hybridized carbons (Fsp3) is 0.409. The second kappa shape index (κ2) is 8.82. The van der Waals surface area contributed by atoms with Gasteiger partial charge in [-0.15, -0.1) is 11.6 Å². The SMILES string of the molecule is CN(C(=O)CCCl)c1cnc2nc(N3CCCCC3)n(Cc3ccccc3)c2c1. The quantitative estimate of drug-likeness (QED) is 0.574. The molecule has 3 heterocycles. The third-order valence-electron chi connectivity index (χ3n) is 5.46. The van der Waals surface area contributed by atoms with Crippen molar-refractivity contribution in [2.24, 2.45) is 0 Å². The molecule has 4 rings (SSSR count). The maximum atomic E-state index is 12.3. The van der Waals surface area contributed by atoms with E-state index in [1.807, 2.05) is 12.1 Å². The van der Waals surface area contributed by atoms with Crippen molar-refractivity contribution in [2.45, 2.75) is 32.2 Å². The van der Waals surface area contributed by atoms with Crippen molar-refractivity contribution in [3.8, 4) is 0 Å². The normalized spacial score (nSPS) is 14.3. The lowest BCUT2D eigenvalue weighted by molar-refractivity contribution is -0.117. The minimum atomic E-state index is -0.0217. The number of imidazole rings is 1. The van der Waals surface area contributed by atoms with Gasteiger partial charge >= 0.3 is 0 Å². The average molecular weight is 412 g/mol. The Labute approximate surface area is 176 Å². The van der Waals surface area contributed by atoms with Gasteiger partial charge < -0.3 is 14.4 Å². The second-order valence-electron chi connectivity index (χ2n) is 7.46. The van der Waals surface area contributed by atoms with Crippen LogP contribution < -0.4 is 9.80 Å². The van der Waals surface area contributed by atoms with E-state index >= 15 is 0 Å². The first kappa shape index (κ1) is 19.7. The van der Waals surface area contributed by atoms with Crippen molar-refractivity contribution in [3.63, 3.8) is 0 Å². The van der Waals surface area contributed by atoms with Crippen LogP contribution >= 0.6 is 11.6 Å². The number of benzene rings is 1. The van der Waals surface area contributed by atoms with Gasteiger partial charge in [0, 0.05) is 32.4 Å². The van der Waals surface area contributed by atoms with Gasteiger partial charge in [0.1, 0.15) is 0 Å². The van der Waals surface area contributed by atoms with Crippen LogP contribution in [0.25, 0.3) is 11.2 Å². The van der Waals surface area contributed by atoms with Crippen molar-refractivity contribution in [2.75, 3.05) is 35.8 Å². The monoisotopic (exact) mass is 411 g/mol.